The lowest BCUT2D eigenvalue weighted by atomic mass is 10.1. The zero-order chi connectivity index (χ0) is 17.5. The van der Waals surface area contributed by atoms with Crippen molar-refractivity contribution in [3.05, 3.63) is 59.7 Å². The summed E-state index contributed by atoms with van der Waals surface area (Å²) in [6.45, 7) is 2.28. The highest BCUT2D eigenvalue weighted by Crippen LogP contribution is 2.17. The molecule has 0 heterocycles. The number of aliphatic hydroxyl groups is 1. The molecule has 0 radical (unpaired) electrons. The minimum atomic E-state index is -1.15. The Labute approximate surface area is 138 Å². The van der Waals surface area contributed by atoms with E-state index in [0.29, 0.717) is 18.0 Å². The number of carbonyl (C=O) groups is 1. The van der Waals surface area contributed by atoms with E-state index in [1.165, 1.54) is 6.07 Å². The molecule has 0 aliphatic carbocycles. The Kier molecular flexibility index (Phi) is 6.08. The number of hydrogen-bond acceptors (Lipinski definition) is 3. The number of anilines is 1. The summed E-state index contributed by atoms with van der Waals surface area (Å²) in [6.07, 6.45) is -1.15. The highest BCUT2D eigenvalue weighted by molar-refractivity contribution is 5.89. The Bertz CT molecular complexity index is 693. The number of benzene rings is 2. The Balaban J connectivity index is 1.84. The number of nitrogens with one attached hydrogen (secondary N) is 2. The van der Waals surface area contributed by atoms with Crippen LogP contribution in [0.25, 0.3) is 0 Å². The molecule has 0 aliphatic heterocycles. The molecule has 3 N–H and O–H groups in total. The smallest absolute Gasteiger partial charge is 0.319 e. The summed E-state index contributed by atoms with van der Waals surface area (Å²) in [6, 6.07) is 9.34. The Hall–Kier alpha value is -2.67. The van der Waals surface area contributed by atoms with Gasteiger partial charge in [-0.1, -0.05) is 6.07 Å². The second-order valence-electron chi connectivity index (χ2n) is 4.98. The summed E-state index contributed by atoms with van der Waals surface area (Å²) >= 11 is 0. The number of ether oxygens (including phenoxy) is 1. The van der Waals surface area contributed by atoms with Crippen molar-refractivity contribution in [1.29, 1.82) is 0 Å². The van der Waals surface area contributed by atoms with Crippen molar-refractivity contribution in [2.24, 2.45) is 0 Å². The summed E-state index contributed by atoms with van der Waals surface area (Å²) in [5.74, 6) is -1.35. The summed E-state index contributed by atoms with van der Waals surface area (Å²) in [4.78, 5) is 11.8. The molecule has 2 aromatic rings. The van der Waals surface area contributed by atoms with Gasteiger partial charge in [-0.3, -0.25) is 0 Å². The van der Waals surface area contributed by atoms with Gasteiger partial charge in [0, 0.05) is 12.2 Å². The van der Waals surface area contributed by atoms with Crippen molar-refractivity contribution in [3.8, 4) is 5.75 Å². The van der Waals surface area contributed by atoms with Crippen LogP contribution in [0.4, 0.5) is 19.3 Å². The third-order valence-corrected chi connectivity index (χ3v) is 3.21. The van der Waals surface area contributed by atoms with Gasteiger partial charge in [-0.15, -0.1) is 0 Å². The van der Waals surface area contributed by atoms with Crippen molar-refractivity contribution in [2.45, 2.75) is 13.0 Å². The van der Waals surface area contributed by atoms with Gasteiger partial charge >= 0.3 is 6.03 Å². The van der Waals surface area contributed by atoms with Crippen molar-refractivity contribution < 1.29 is 23.4 Å². The van der Waals surface area contributed by atoms with Crippen LogP contribution in [-0.2, 0) is 0 Å². The minimum Gasteiger partial charge on any atom is -0.494 e. The van der Waals surface area contributed by atoms with E-state index in [1.54, 1.807) is 24.3 Å². The second-order valence-corrected chi connectivity index (χ2v) is 4.98. The topological polar surface area (TPSA) is 70.6 Å². The van der Waals surface area contributed by atoms with E-state index < -0.39 is 23.8 Å². The fraction of sp³-hybridized carbons (Fsp3) is 0.235. The van der Waals surface area contributed by atoms with E-state index in [0.717, 1.165) is 12.1 Å². The first-order valence-electron chi connectivity index (χ1n) is 7.40. The first-order chi connectivity index (χ1) is 11.5. The van der Waals surface area contributed by atoms with Crippen molar-refractivity contribution in [3.63, 3.8) is 0 Å². The number of amides is 2. The highest BCUT2D eigenvalue weighted by Gasteiger charge is 2.12. The molecule has 2 amide bonds. The molecule has 0 saturated heterocycles. The highest BCUT2D eigenvalue weighted by atomic mass is 19.2. The van der Waals surface area contributed by atoms with Crippen LogP contribution in [0.5, 0.6) is 5.75 Å². The van der Waals surface area contributed by atoms with Gasteiger partial charge in [-0.25, -0.2) is 13.6 Å². The molecule has 5 nitrogen and oxygen atoms in total. The monoisotopic (exact) mass is 336 g/mol. The Morgan fingerprint density at radius 1 is 1.17 bits per heavy atom. The van der Waals surface area contributed by atoms with Crippen LogP contribution in [0.15, 0.2) is 42.5 Å². The first-order valence-corrected chi connectivity index (χ1v) is 7.40. The molecule has 0 aromatic heterocycles. The molecule has 0 aliphatic rings. The molecule has 0 spiro atoms. The van der Waals surface area contributed by atoms with Crippen LogP contribution in [0.2, 0.25) is 0 Å². The SMILES string of the molecule is CCOc1ccc(NC(=O)NCC(O)c2ccc(F)c(F)c2)cc1. The lowest BCUT2D eigenvalue weighted by Crippen LogP contribution is -2.32. The van der Waals surface area contributed by atoms with Crippen LogP contribution >= 0.6 is 0 Å². The number of aliphatic hydroxyl groups excluding tert-OH is 1. The average molecular weight is 336 g/mol. The van der Waals surface area contributed by atoms with Crippen LogP contribution in [0.3, 0.4) is 0 Å². The van der Waals surface area contributed by atoms with E-state index in [4.69, 9.17) is 4.74 Å². The molecule has 0 bridgehead atoms. The predicted octanol–water partition coefficient (Wildman–Crippen LogP) is 3.22. The van der Waals surface area contributed by atoms with Gasteiger partial charge in [-0.05, 0) is 48.9 Å². The molecule has 1 atom stereocenters. The van der Waals surface area contributed by atoms with E-state index in [9.17, 15) is 18.7 Å². The molecule has 24 heavy (non-hydrogen) atoms. The van der Waals surface area contributed by atoms with Gasteiger partial charge in [0.2, 0.25) is 0 Å². The molecule has 0 fully saturated rings. The molecule has 0 saturated carbocycles. The lowest BCUT2D eigenvalue weighted by molar-refractivity contribution is 0.174. The molecule has 2 aromatic carbocycles. The summed E-state index contributed by atoms with van der Waals surface area (Å²) < 4.78 is 31.3. The van der Waals surface area contributed by atoms with Crippen LogP contribution in [-0.4, -0.2) is 24.3 Å². The standard InChI is InChI=1S/C17H18F2N2O3/c1-2-24-13-6-4-12(5-7-13)21-17(23)20-10-16(22)11-3-8-14(18)15(19)9-11/h3-9,16,22H,2,10H2,1H3,(H2,20,21,23). The summed E-state index contributed by atoms with van der Waals surface area (Å²) in [5, 5.41) is 14.9. The third-order valence-electron chi connectivity index (χ3n) is 3.21. The van der Waals surface area contributed by atoms with Crippen molar-refractivity contribution >= 4 is 11.7 Å². The lowest BCUT2D eigenvalue weighted by Gasteiger charge is -2.13. The second kappa shape index (κ2) is 8.26. The Morgan fingerprint density at radius 3 is 2.50 bits per heavy atom. The minimum absolute atomic E-state index is 0.145. The predicted molar refractivity (Wildman–Crippen MR) is 86.0 cm³/mol. The fourth-order valence-electron chi connectivity index (χ4n) is 2.00. The third kappa shape index (κ3) is 4.92. The number of carbonyl (C=O) groups excluding carboxylic acids is 1. The molecular formula is C17H18F2N2O3. The van der Waals surface area contributed by atoms with Crippen LogP contribution < -0.4 is 15.4 Å². The van der Waals surface area contributed by atoms with Gasteiger partial charge < -0.3 is 20.5 Å². The largest absolute Gasteiger partial charge is 0.494 e. The number of halogens is 2. The fourth-order valence-corrected chi connectivity index (χ4v) is 2.00. The normalized spacial score (nSPS) is 11.7. The van der Waals surface area contributed by atoms with E-state index in [-0.39, 0.29) is 12.1 Å². The van der Waals surface area contributed by atoms with Gasteiger partial charge in [0.25, 0.3) is 0 Å². The van der Waals surface area contributed by atoms with E-state index in [2.05, 4.69) is 10.6 Å². The quantitative estimate of drug-likeness (QED) is 0.758. The van der Waals surface area contributed by atoms with Gasteiger partial charge in [0.05, 0.1) is 12.7 Å². The van der Waals surface area contributed by atoms with Crippen molar-refractivity contribution in [2.75, 3.05) is 18.5 Å². The van der Waals surface area contributed by atoms with E-state index >= 15 is 0 Å². The zero-order valence-corrected chi connectivity index (χ0v) is 13.1. The number of urea groups is 1. The average Bonchev–Trinajstić information content (AvgIpc) is 2.57. The summed E-state index contributed by atoms with van der Waals surface area (Å²) in [5.41, 5.74) is 0.730. The number of hydrogen-bond donors (Lipinski definition) is 3. The van der Waals surface area contributed by atoms with Crippen LogP contribution in [0, 0.1) is 11.6 Å². The molecule has 7 heteroatoms. The first kappa shape index (κ1) is 17.7. The van der Waals surface area contributed by atoms with Crippen LogP contribution in [0.1, 0.15) is 18.6 Å². The van der Waals surface area contributed by atoms with Gasteiger partial charge in [0.15, 0.2) is 11.6 Å². The molecule has 2 rings (SSSR count). The molecular weight excluding hydrogens is 318 g/mol. The maximum atomic E-state index is 13.1. The maximum absolute atomic E-state index is 13.1. The zero-order valence-electron chi connectivity index (χ0n) is 13.1. The maximum Gasteiger partial charge on any atom is 0.319 e. The van der Waals surface area contributed by atoms with Gasteiger partial charge in [0.1, 0.15) is 5.75 Å². The Morgan fingerprint density at radius 2 is 1.88 bits per heavy atom. The summed E-state index contributed by atoms with van der Waals surface area (Å²) in [7, 11) is 0. The van der Waals surface area contributed by atoms with Gasteiger partial charge in [-0.2, -0.15) is 0 Å². The van der Waals surface area contributed by atoms with Crippen molar-refractivity contribution in [1.82, 2.24) is 5.32 Å². The van der Waals surface area contributed by atoms with E-state index in [1.807, 2.05) is 6.92 Å². The molecule has 128 valence electrons. The number of rotatable bonds is 6. The molecule has 1 unspecified atom stereocenters.